The third-order valence-corrected chi connectivity index (χ3v) is 3.94. The number of likely N-dealkylation sites (N-methyl/N-ethyl adjacent to an activating group) is 1. The first-order valence-electron chi connectivity index (χ1n) is 6.77. The molecule has 1 N–H and O–H groups in total. The fraction of sp³-hybridized carbons (Fsp3) is 0.235. The van der Waals surface area contributed by atoms with E-state index >= 15 is 0 Å². The number of hydrogen-bond donors (Lipinski definition) is 1. The van der Waals surface area contributed by atoms with Crippen molar-refractivity contribution in [1.29, 1.82) is 0 Å². The molecule has 0 aromatic heterocycles. The van der Waals surface area contributed by atoms with E-state index in [2.05, 4.69) is 0 Å². The van der Waals surface area contributed by atoms with Crippen molar-refractivity contribution >= 4 is 17.5 Å². The number of carbonyl (C=O) groups is 1. The zero-order valence-corrected chi connectivity index (χ0v) is 12.8. The Kier molecular flexibility index (Phi) is 4.86. The molecule has 1 amide bonds. The van der Waals surface area contributed by atoms with E-state index in [1.165, 1.54) is 0 Å². The van der Waals surface area contributed by atoms with E-state index in [9.17, 15) is 9.90 Å². The second-order valence-corrected chi connectivity index (χ2v) is 5.46. The molecule has 0 aliphatic heterocycles. The van der Waals surface area contributed by atoms with Gasteiger partial charge in [0.1, 0.15) is 5.75 Å². The summed E-state index contributed by atoms with van der Waals surface area (Å²) in [5.74, 6) is 0.148. The molecule has 2 aromatic rings. The summed E-state index contributed by atoms with van der Waals surface area (Å²) in [6.07, 6.45) is 0.250. The van der Waals surface area contributed by atoms with Crippen LogP contribution >= 0.6 is 11.6 Å². The Hall–Kier alpha value is -2.00. The number of benzene rings is 2. The second kappa shape index (κ2) is 6.64. The highest BCUT2D eigenvalue weighted by atomic mass is 35.5. The van der Waals surface area contributed by atoms with Crippen molar-refractivity contribution in [3.63, 3.8) is 0 Å². The molecule has 0 heterocycles. The van der Waals surface area contributed by atoms with Crippen molar-refractivity contribution in [2.24, 2.45) is 0 Å². The molecule has 2 aromatic carbocycles. The fourth-order valence-electron chi connectivity index (χ4n) is 2.20. The summed E-state index contributed by atoms with van der Waals surface area (Å²) >= 11 is 6.18. The lowest BCUT2D eigenvalue weighted by Gasteiger charge is -2.26. The average molecular weight is 304 g/mol. The zero-order valence-electron chi connectivity index (χ0n) is 12.1. The molecule has 0 saturated carbocycles. The highest BCUT2D eigenvalue weighted by Crippen LogP contribution is 2.26. The topological polar surface area (TPSA) is 40.5 Å². The van der Waals surface area contributed by atoms with Crippen LogP contribution in [0.4, 0.5) is 0 Å². The summed E-state index contributed by atoms with van der Waals surface area (Å²) in [6.45, 7) is 1.95. The lowest BCUT2D eigenvalue weighted by molar-refractivity contribution is -0.131. The molecule has 0 aliphatic carbocycles. The first-order valence-corrected chi connectivity index (χ1v) is 7.15. The Labute approximate surface area is 129 Å². The van der Waals surface area contributed by atoms with Crippen LogP contribution in [0.2, 0.25) is 5.02 Å². The summed E-state index contributed by atoms with van der Waals surface area (Å²) < 4.78 is 0. The maximum Gasteiger partial charge on any atom is 0.227 e. The van der Waals surface area contributed by atoms with E-state index in [1.54, 1.807) is 30.1 Å². The van der Waals surface area contributed by atoms with Gasteiger partial charge in [0.05, 0.1) is 12.5 Å². The summed E-state index contributed by atoms with van der Waals surface area (Å²) in [6, 6.07) is 14.2. The number of phenols is 1. The van der Waals surface area contributed by atoms with Crippen molar-refractivity contribution in [1.82, 2.24) is 4.90 Å². The van der Waals surface area contributed by atoms with Gasteiger partial charge in [-0.15, -0.1) is 0 Å². The summed E-state index contributed by atoms with van der Waals surface area (Å²) in [5.41, 5.74) is 1.71. The molecule has 4 heteroatoms. The van der Waals surface area contributed by atoms with Gasteiger partial charge in [0.15, 0.2) is 0 Å². The lowest BCUT2D eigenvalue weighted by Crippen LogP contribution is -2.31. The number of hydrogen-bond acceptors (Lipinski definition) is 2. The van der Waals surface area contributed by atoms with Gasteiger partial charge in [0.2, 0.25) is 5.91 Å². The van der Waals surface area contributed by atoms with Crippen molar-refractivity contribution in [3.05, 3.63) is 64.7 Å². The number of phenolic OH excluding ortho intramolecular Hbond substituents is 1. The van der Waals surface area contributed by atoms with Crippen LogP contribution in [0.15, 0.2) is 48.5 Å². The first kappa shape index (κ1) is 15.4. The van der Waals surface area contributed by atoms with Crippen LogP contribution in [0.5, 0.6) is 5.75 Å². The van der Waals surface area contributed by atoms with Crippen LogP contribution in [0.1, 0.15) is 24.1 Å². The normalized spacial score (nSPS) is 12.0. The minimum atomic E-state index is -0.108. The van der Waals surface area contributed by atoms with Gasteiger partial charge in [-0.3, -0.25) is 4.79 Å². The average Bonchev–Trinajstić information content (AvgIpc) is 2.46. The predicted octanol–water partition coefficient (Wildman–Crippen LogP) is 3.81. The molecule has 3 nitrogen and oxygen atoms in total. The molecule has 0 saturated heterocycles. The highest BCUT2D eigenvalue weighted by Gasteiger charge is 2.19. The maximum atomic E-state index is 12.4. The minimum absolute atomic E-state index is 0.0204. The SMILES string of the molecule is CC(c1ccccc1Cl)N(C)C(=O)Cc1cccc(O)c1. The molecule has 0 aliphatic rings. The highest BCUT2D eigenvalue weighted by molar-refractivity contribution is 6.31. The smallest absolute Gasteiger partial charge is 0.227 e. The van der Waals surface area contributed by atoms with Gasteiger partial charge >= 0.3 is 0 Å². The molecular weight excluding hydrogens is 286 g/mol. The van der Waals surface area contributed by atoms with Crippen molar-refractivity contribution in [3.8, 4) is 5.75 Å². The number of carbonyl (C=O) groups excluding carboxylic acids is 1. The largest absolute Gasteiger partial charge is 0.508 e. The number of nitrogens with zero attached hydrogens (tertiary/aromatic N) is 1. The molecule has 0 fully saturated rings. The summed E-state index contributed by atoms with van der Waals surface area (Å²) in [7, 11) is 1.76. The Morgan fingerprint density at radius 2 is 1.95 bits per heavy atom. The van der Waals surface area contributed by atoms with Crippen LogP contribution in [-0.2, 0) is 11.2 Å². The van der Waals surface area contributed by atoms with Gasteiger partial charge in [0.25, 0.3) is 0 Å². The number of halogens is 1. The quantitative estimate of drug-likeness (QED) is 0.933. The third-order valence-electron chi connectivity index (χ3n) is 3.60. The second-order valence-electron chi connectivity index (χ2n) is 5.05. The molecule has 0 spiro atoms. The summed E-state index contributed by atoms with van der Waals surface area (Å²) in [5, 5.41) is 10.1. The monoisotopic (exact) mass is 303 g/mol. The van der Waals surface area contributed by atoms with Crippen molar-refractivity contribution in [2.75, 3.05) is 7.05 Å². The molecule has 1 atom stereocenters. The number of aromatic hydroxyl groups is 1. The Balaban J connectivity index is 2.10. The van der Waals surface area contributed by atoms with Gasteiger partial charge in [-0.05, 0) is 36.2 Å². The van der Waals surface area contributed by atoms with Gasteiger partial charge in [0, 0.05) is 12.1 Å². The summed E-state index contributed by atoms with van der Waals surface area (Å²) in [4.78, 5) is 14.0. The lowest BCUT2D eigenvalue weighted by atomic mass is 10.1. The molecule has 1 unspecified atom stereocenters. The van der Waals surface area contributed by atoms with Crippen LogP contribution in [0.3, 0.4) is 0 Å². The van der Waals surface area contributed by atoms with Crippen LogP contribution in [-0.4, -0.2) is 23.0 Å². The van der Waals surface area contributed by atoms with Gasteiger partial charge < -0.3 is 10.0 Å². The van der Waals surface area contributed by atoms with E-state index in [-0.39, 0.29) is 24.1 Å². The molecule has 21 heavy (non-hydrogen) atoms. The Morgan fingerprint density at radius 3 is 2.62 bits per heavy atom. The molecular formula is C17H18ClNO2. The van der Waals surface area contributed by atoms with E-state index < -0.39 is 0 Å². The van der Waals surface area contributed by atoms with E-state index in [0.29, 0.717) is 5.02 Å². The molecule has 0 bridgehead atoms. The first-order chi connectivity index (χ1) is 9.99. The van der Waals surface area contributed by atoms with E-state index in [0.717, 1.165) is 11.1 Å². The Morgan fingerprint density at radius 1 is 1.24 bits per heavy atom. The van der Waals surface area contributed by atoms with Gasteiger partial charge in [-0.2, -0.15) is 0 Å². The third kappa shape index (κ3) is 3.76. The zero-order chi connectivity index (χ0) is 15.4. The number of amides is 1. The fourth-order valence-corrected chi connectivity index (χ4v) is 2.50. The van der Waals surface area contributed by atoms with E-state index in [4.69, 9.17) is 11.6 Å². The van der Waals surface area contributed by atoms with Crippen LogP contribution in [0.25, 0.3) is 0 Å². The van der Waals surface area contributed by atoms with E-state index in [1.807, 2.05) is 37.3 Å². The van der Waals surface area contributed by atoms with Gasteiger partial charge in [-0.25, -0.2) is 0 Å². The molecule has 0 radical (unpaired) electrons. The maximum absolute atomic E-state index is 12.4. The van der Waals surface area contributed by atoms with Crippen molar-refractivity contribution in [2.45, 2.75) is 19.4 Å². The minimum Gasteiger partial charge on any atom is -0.508 e. The standard InChI is InChI=1S/C17H18ClNO2/c1-12(15-8-3-4-9-16(15)18)19(2)17(21)11-13-6-5-7-14(20)10-13/h3-10,12,20H,11H2,1-2H3. The van der Waals surface area contributed by atoms with Gasteiger partial charge in [-0.1, -0.05) is 41.9 Å². The van der Waals surface area contributed by atoms with Crippen LogP contribution < -0.4 is 0 Å². The predicted molar refractivity (Wildman–Crippen MR) is 84.4 cm³/mol. The number of rotatable bonds is 4. The molecule has 2 rings (SSSR count). The molecule has 110 valence electrons. The Bertz CT molecular complexity index is 642. The van der Waals surface area contributed by atoms with Crippen molar-refractivity contribution < 1.29 is 9.90 Å². The van der Waals surface area contributed by atoms with Crippen LogP contribution in [0, 0.1) is 0 Å².